The molecule has 39 heavy (non-hydrogen) atoms. The van der Waals surface area contributed by atoms with Crippen molar-refractivity contribution in [3.63, 3.8) is 0 Å². The zero-order valence-electron chi connectivity index (χ0n) is 23.2. The van der Waals surface area contributed by atoms with Gasteiger partial charge in [0.2, 0.25) is 0 Å². The van der Waals surface area contributed by atoms with E-state index in [4.69, 9.17) is 25.8 Å². The average molecular weight is 576 g/mol. The fourth-order valence-corrected chi connectivity index (χ4v) is 7.01. The van der Waals surface area contributed by atoms with Crippen molar-refractivity contribution >= 4 is 29.3 Å². The second-order valence-corrected chi connectivity index (χ2v) is 12.3. The summed E-state index contributed by atoms with van der Waals surface area (Å²) >= 11 is 8.12. The highest BCUT2D eigenvalue weighted by Crippen LogP contribution is 2.52. The first-order chi connectivity index (χ1) is 18.7. The summed E-state index contributed by atoms with van der Waals surface area (Å²) in [4.78, 5) is 31.9. The number of pyridine rings is 1. The molecular formula is C29H38ClN3O5S. The molecule has 1 saturated carbocycles. The molecule has 1 aliphatic carbocycles. The van der Waals surface area contributed by atoms with E-state index in [0.29, 0.717) is 39.1 Å². The second kappa shape index (κ2) is 11.7. The van der Waals surface area contributed by atoms with Crippen molar-refractivity contribution in [3.05, 3.63) is 49.9 Å². The third-order valence-electron chi connectivity index (χ3n) is 8.38. The van der Waals surface area contributed by atoms with Crippen molar-refractivity contribution in [1.29, 1.82) is 0 Å². The molecule has 8 nitrogen and oxygen atoms in total. The van der Waals surface area contributed by atoms with Crippen molar-refractivity contribution in [2.45, 2.75) is 63.7 Å². The minimum atomic E-state index is -0.821. The number of rotatable bonds is 7. The fraction of sp³-hybridized carbons (Fsp3) is 0.586. The Morgan fingerprint density at radius 1 is 1.15 bits per heavy atom. The molecule has 1 saturated heterocycles. The van der Waals surface area contributed by atoms with E-state index in [1.807, 2.05) is 33.1 Å². The SMILES string of the molecule is CSc1cc(C)[nH]c(=O)c1CNC(=O)c1cc(Cl)c2c(c1C)O[C@](C)([C@H]1CC[C@@H](CN3CCOCC3)CC1)O2. The molecule has 2 aliphatic heterocycles. The Kier molecular flexibility index (Phi) is 8.52. The molecule has 0 spiro atoms. The van der Waals surface area contributed by atoms with Gasteiger partial charge in [0.15, 0.2) is 11.5 Å². The number of fused-ring (bicyclic) bond motifs is 1. The zero-order valence-corrected chi connectivity index (χ0v) is 24.7. The van der Waals surface area contributed by atoms with Gasteiger partial charge in [0.1, 0.15) is 0 Å². The summed E-state index contributed by atoms with van der Waals surface area (Å²) in [5, 5.41) is 3.24. The molecule has 1 atom stereocenters. The third kappa shape index (κ3) is 5.97. The topological polar surface area (TPSA) is 92.9 Å². The van der Waals surface area contributed by atoms with E-state index in [1.165, 1.54) is 11.8 Å². The molecule has 1 amide bonds. The van der Waals surface area contributed by atoms with Gasteiger partial charge < -0.3 is 24.5 Å². The summed E-state index contributed by atoms with van der Waals surface area (Å²) in [6, 6.07) is 3.54. The number of amides is 1. The fourth-order valence-electron chi connectivity index (χ4n) is 6.07. The van der Waals surface area contributed by atoms with Gasteiger partial charge in [0, 0.05) is 66.3 Å². The van der Waals surface area contributed by atoms with Crippen LogP contribution in [-0.2, 0) is 11.3 Å². The Labute approximate surface area is 239 Å². The molecule has 0 unspecified atom stereocenters. The maximum atomic E-state index is 13.2. The highest BCUT2D eigenvalue weighted by molar-refractivity contribution is 7.98. The molecule has 3 heterocycles. The number of H-pyrrole nitrogens is 1. The van der Waals surface area contributed by atoms with Crippen molar-refractivity contribution in [2.24, 2.45) is 11.8 Å². The van der Waals surface area contributed by atoms with E-state index in [1.54, 1.807) is 6.07 Å². The molecule has 212 valence electrons. The summed E-state index contributed by atoms with van der Waals surface area (Å²) in [5.41, 5.74) is 2.21. The highest BCUT2D eigenvalue weighted by atomic mass is 35.5. The molecule has 2 fully saturated rings. The van der Waals surface area contributed by atoms with Gasteiger partial charge in [-0.2, -0.15) is 0 Å². The highest BCUT2D eigenvalue weighted by Gasteiger charge is 2.47. The molecule has 2 N–H and O–H groups in total. The number of carbonyl (C=O) groups excluding carboxylic acids is 1. The van der Waals surface area contributed by atoms with Gasteiger partial charge >= 0.3 is 0 Å². The van der Waals surface area contributed by atoms with Crippen molar-refractivity contribution < 1.29 is 19.0 Å². The molecule has 3 aliphatic rings. The van der Waals surface area contributed by atoms with Crippen LogP contribution >= 0.6 is 23.4 Å². The van der Waals surface area contributed by atoms with Crippen molar-refractivity contribution in [1.82, 2.24) is 15.2 Å². The number of aromatic nitrogens is 1. The van der Waals surface area contributed by atoms with Crippen molar-refractivity contribution in [2.75, 3.05) is 39.1 Å². The van der Waals surface area contributed by atoms with E-state index >= 15 is 0 Å². The Hall–Kier alpha value is -2.20. The summed E-state index contributed by atoms with van der Waals surface area (Å²) in [7, 11) is 0. The van der Waals surface area contributed by atoms with Crippen LogP contribution < -0.4 is 20.3 Å². The predicted octanol–water partition coefficient (Wildman–Crippen LogP) is 4.92. The van der Waals surface area contributed by atoms with E-state index in [2.05, 4.69) is 15.2 Å². The minimum absolute atomic E-state index is 0.113. The second-order valence-electron chi connectivity index (χ2n) is 11.1. The number of nitrogens with one attached hydrogen (secondary N) is 2. The Bertz CT molecular complexity index is 1290. The smallest absolute Gasteiger partial charge is 0.254 e. The van der Waals surface area contributed by atoms with E-state index in [0.717, 1.165) is 69.1 Å². The lowest BCUT2D eigenvalue weighted by atomic mass is 9.78. The lowest BCUT2D eigenvalue weighted by Gasteiger charge is -2.39. The number of benzene rings is 1. The number of carbonyl (C=O) groups is 1. The molecule has 1 aromatic heterocycles. The minimum Gasteiger partial charge on any atom is -0.448 e. The molecular weight excluding hydrogens is 538 g/mol. The number of aromatic amines is 1. The van der Waals surface area contributed by atoms with Crippen LogP contribution in [0.4, 0.5) is 0 Å². The van der Waals surface area contributed by atoms with Crippen LogP contribution in [0.5, 0.6) is 11.5 Å². The monoisotopic (exact) mass is 575 g/mol. The Morgan fingerprint density at radius 3 is 2.54 bits per heavy atom. The number of halogens is 1. The van der Waals surface area contributed by atoms with Gasteiger partial charge in [-0.15, -0.1) is 11.8 Å². The third-order valence-corrected chi connectivity index (χ3v) is 9.46. The number of aryl methyl sites for hydroxylation is 1. The van der Waals surface area contributed by atoms with Crippen LogP contribution in [-0.4, -0.2) is 60.7 Å². The van der Waals surface area contributed by atoms with Gasteiger partial charge in [0.05, 0.1) is 18.2 Å². The number of morpholine rings is 1. The first-order valence-corrected chi connectivity index (χ1v) is 15.3. The lowest BCUT2D eigenvalue weighted by molar-refractivity contribution is -0.123. The van der Waals surface area contributed by atoms with Gasteiger partial charge in [-0.1, -0.05) is 11.6 Å². The van der Waals surface area contributed by atoms with Gasteiger partial charge in [0.25, 0.3) is 17.3 Å². The number of hydrogen-bond acceptors (Lipinski definition) is 7. The van der Waals surface area contributed by atoms with Crippen molar-refractivity contribution in [3.8, 4) is 11.5 Å². The maximum absolute atomic E-state index is 13.2. The molecule has 0 radical (unpaired) electrons. The van der Waals surface area contributed by atoms with E-state index < -0.39 is 5.79 Å². The van der Waals surface area contributed by atoms with Crippen LogP contribution in [0.1, 0.15) is 59.8 Å². The number of thioether (sulfide) groups is 1. The van der Waals surface area contributed by atoms with Crippen LogP contribution in [0.15, 0.2) is 21.8 Å². The average Bonchev–Trinajstić information content (AvgIpc) is 3.30. The van der Waals surface area contributed by atoms with Crippen LogP contribution in [0, 0.1) is 25.7 Å². The predicted molar refractivity (Wildman–Crippen MR) is 153 cm³/mol. The number of nitrogens with zero attached hydrogens (tertiary/aromatic N) is 1. The van der Waals surface area contributed by atoms with Crippen LogP contribution in [0.25, 0.3) is 0 Å². The largest absolute Gasteiger partial charge is 0.448 e. The van der Waals surface area contributed by atoms with Gasteiger partial charge in [-0.3, -0.25) is 14.5 Å². The summed E-state index contributed by atoms with van der Waals surface area (Å²) in [6.07, 6.45) is 6.22. The first kappa shape index (κ1) is 28.3. The van der Waals surface area contributed by atoms with Crippen LogP contribution in [0.3, 0.4) is 0 Å². The summed E-state index contributed by atoms with van der Waals surface area (Å²) in [5.74, 6) is 0.812. The Morgan fingerprint density at radius 2 is 1.85 bits per heavy atom. The lowest BCUT2D eigenvalue weighted by Crippen LogP contribution is -2.46. The quantitative estimate of drug-likeness (QED) is 0.453. The van der Waals surface area contributed by atoms with E-state index in [9.17, 15) is 9.59 Å². The van der Waals surface area contributed by atoms with E-state index in [-0.39, 0.29) is 23.9 Å². The standard InChI is InChI=1S/C29H38ClN3O5S/c1-17-13-24(39-4)22(28(35)32-17)15-31-27(34)21-14-23(30)26-25(18(21)2)37-29(3,38-26)20-7-5-19(6-8-20)16-33-9-11-36-12-10-33/h13-14,19-20H,5-12,15-16H2,1-4H3,(H,31,34)(H,32,35)/t19-,20+,29-/m0/s1. The number of ether oxygens (including phenoxy) is 3. The maximum Gasteiger partial charge on any atom is 0.254 e. The molecule has 2 aromatic rings. The first-order valence-electron chi connectivity index (χ1n) is 13.7. The summed E-state index contributed by atoms with van der Waals surface area (Å²) in [6.45, 7) is 10.6. The van der Waals surface area contributed by atoms with Crippen LogP contribution in [0.2, 0.25) is 5.02 Å². The van der Waals surface area contributed by atoms with Gasteiger partial charge in [-0.05, 0) is 63.8 Å². The normalized spacial score (nSPS) is 25.1. The molecule has 0 bridgehead atoms. The Balaban J connectivity index is 1.25. The molecule has 1 aromatic carbocycles. The zero-order chi connectivity index (χ0) is 27.7. The summed E-state index contributed by atoms with van der Waals surface area (Å²) < 4.78 is 18.4. The number of hydrogen-bond donors (Lipinski definition) is 2. The van der Waals surface area contributed by atoms with Gasteiger partial charge in [-0.25, -0.2) is 0 Å². The molecule has 10 heteroatoms. The molecule has 5 rings (SSSR count).